The highest BCUT2D eigenvalue weighted by atomic mass is 28.3. The number of carbonyl (C=O) groups is 1. The summed E-state index contributed by atoms with van der Waals surface area (Å²) in [7, 11) is -1.50. The van der Waals surface area contributed by atoms with Crippen LogP contribution in [0.15, 0.2) is 28.4 Å². The highest BCUT2D eigenvalue weighted by Gasteiger charge is 2.25. The summed E-state index contributed by atoms with van der Waals surface area (Å²) in [6.07, 6.45) is 3.89. The number of rotatable bonds is 5. The molecule has 17 heavy (non-hydrogen) atoms. The van der Waals surface area contributed by atoms with Crippen LogP contribution in [0.5, 0.6) is 0 Å². The first-order valence-corrected chi connectivity index (χ1v) is 9.24. The van der Waals surface area contributed by atoms with Gasteiger partial charge < -0.3 is 9.52 Å². The maximum absolute atomic E-state index is 10.5. The van der Waals surface area contributed by atoms with Gasteiger partial charge in [-0.25, -0.2) is 0 Å². The first-order chi connectivity index (χ1) is 7.86. The zero-order valence-electron chi connectivity index (χ0n) is 10.9. The van der Waals surface area contributed by atoms with E-state index in [-0.39, 0.29) is 0 Å². The second-order valence-corrected chi connectivity index (χ2v) is 10.3. The number of hydrogen-bond donors (Lipinski definition) is 1. The van der Waals surface area contributed by atoms with Crippen molar-refractivity contribution < 1.29 is 14.3 Å². The van der Waals surface area contributed by atoms with E-state index in [2.05, 4.69) is 19.6 Å². The maximum Gasteiger partial charge on any atom is 0.145 e. The van der Waals surface area contributed by atoms with E-state index in [1.54, 1.807) is 19.3 Å². The fourth-order valence-electron chi connectivity index (χ4n) is 1.65. The van der Waals surface area contributed by atoms with E-state index in [0.717, 1.165) is 11.5 Å². The Balaban J connectivity index is 2.87. The van der Waals surface area contributed by atoms with Crippen LogP contribution in [0.2, 0.25) is 19.6 Å². The van der Waals surface area contributed by atoms with Gasteiger partial charge in [0.2, 0.25) is 0 Å². The van der Waals surface area contributed by atoms with E-state index in [1.165, 1.54) is 0 Å². The smallest absolute Gasteiger partial charge is 0.145 e. The second-order valence-electron chi connectivity index (χ2n) is 5.27. The van der Waals surface area contributed by atoms with Crippen molar-refractivity contribution in [2.75, 3.05) is 0 Å². The lowest BCUT2D eigenvalue weighted by atomic mass is 10.1. The van der Waals surface area contributed by atoms with Gasteiger partial charge in [0, 0.05) is 0 Å². The lowest BCUT2D eigenvalue weighted by Gasteiger charge is -2.18. The van der Waals surface area contributed by atoms with Crippen LogP contribution in [0.3, 0.4) is 0 Å². The summed E-state index contributed by atoms with van der Waals surface area (Å²) in [6.45, 7) is 8.35. The average molecular weight is 252 g/mol. The maximum atomic E-state index is 10.5. The molecule has 1 rings (SSSR count). The van der Waals surface area contributed by atoms with Crippen LogP contribution in [-0.2, 0) is 4.79 Å². The Morgan fingerprint density at radius 2 is 2.18 bits per heavy atom. The monoisotopic (exact) mass is 252 g/mol. The fraction of sp³-hybridized carbons (Fsp3) is 0.462. The zero-order chi connectivity index (χ0) is 13.1. The first kappa shape index (κ1) is 13.9. The minimum Gasteiger partial charge on any atom is -0.467 e. The number of aldehydes is 1. The standard InChI is InChI=1S/C13H20O3Si/c1-10(9-14)5-6-11(15)13-12(7-8-16-13)17(2,3)4/h5,7-9,11,15H,6H2,1-4H3/b10-5+. The molecule has 0 saturated carbocycles. The summed E-state index contributed by atoms with van der Waals surface area (Å²) in [5.74, 6) is 0.652. The molecule has 0 aliphatic heterocycles. The number of aliphatic hydroxyl groups is 1. The van der Waals surface area contributed by atoms with Crippen molar-refractivity contribution in [2.45, 2.75) is 39.1 Å². The lowest BCUT2D eigenvalue weighted by Crippen LogP contribution is -2.39. The van der Waals surface area contributed by atoms with E-state index in [4.69, 9.17) is 4.42 Å². The lowest BCUT2D eigenvalue weighted by molar-refractivity contribution is -0.104. The number of aliphatic hydroxyl groups excluding tert-OH is 1. The fourth-order valence-corrected chi connectivity index (χ4v) is 3.18. The molecule has 1 heterocycles. The molecule has 0 amide bonds. The minimum atomic E-state index is -1.50. The van der Waals surface area contributed by atoms with E-state index in [9.17, 15) is 9.90 Å². The molecule has 0 aliphatic rings. The Hall–Kier alpha value is -1.13. The Morgan fingerprint density at radius 1 is 1.53 bits per heavy atom. The van der Waals surface area contributed by atoms with Gasteiger partial charge in [-0.2, -0.15) is 0 Å². The third-order valence-corrected chi connectivity index (χ3v) is 4.68. The van der Waals surface area contributed by atoms with Crippen molar-refractivity contribution in [1.29, 1.82) is 0 Å². The number of hydrogen-bond acceptors (Lipinski definition) is 3. The zero-order valence-corrected chi connectivity index (χ0v) is 11.9. The molecule has 3 nitrogen and oxygen atoms in total. The summed E-state index contributed by atoms with van der Waals surface area (Å²) >= 11 is 0. The van der Waals surface area contributed by atoms with E-state index in [1.807, 2.05) is 6.07 Å². The van der Waals surface area contributed by atoms with Gasteiger partial charge in [0.25, 0.3) is 0 Å². The van der Waals surface area contributed by atoms with Crippen LogP contribution in [0.25, 0.3) is 0 Å². The topological polar surface area (TPSA) is 50.4 Å². The average Bonchev–Trinajstić information content (AvgIpc) is 2.73. The molecule has 0 saturated heterocycles. The summed E-state index contributed by atoms with van der Waals surface area (Å²) in [5.41, 5.74) is 0.630. The summed E-state index contributed by atoms with van der Waals surface area (Å²) < 4.78 is 5.39. The molecule has 1 atom stereocenters. The van der Waals surface area contributed by atoms with Crippen molar-refractivity contribution >= 4 is 19.5 Å². The molecule has 0 fully saturated rings. The van der Waals surface area contributed by atoms with Crippen LogP contribution < -0.4 is 5.19 Å². The van der Waals surface area contributed by atoms with Gasteiger partial charge >= 0.3 is 0 Å². The van der Waals surface area contributed by atoms with Crippen molar-refractivity contribution in [2.24, 2.45) is 0 Å². The van der Waals surface area contributed by atoms with Gasteiger partial charge in [-0.05, 0) is 30.2 Å². The van der Waals surface area contributed by atoms with Crippen LogP contribution >= 0.6 is 0 Å². The summed E-state index contributed by atoms with van der Waals surface area (Å²) in [5, 5.41) is 11.2. The predicted octanol–water partition coefficient (Wildman–Crippen LogP) is 2.39. The molecule has 0 aromatic carbocycles. The molecule has 0 radical (unpaired) electrons. The number of carbonyl (C=O) groups excluding carboxylic acids is 1. The molecular weight excluding hydrogens is 232 g/mol. The molecule has 0 bridgehead atoms. The molecule has 1 aromatic rings. The van der Waals surface area contributed by atoms with Gasteiger partial charge in [-0.15, -0.1) is 0 Å². The predicted molar refractivity (Wildman–Crippen MR) is 71.1 cm³/mol. The van der Waals surface area contributed by atoms with Crippen molar-refractivity contribution in [3.63, 3.8) is 0 Å². The van der Waals surface area contributed by atoms with Gasteiger partial charge in [0.15, 0.2) is 0 Å². The second kappa shape index (κ2) is 5.47. The quantitative estimate of drug-likeness (QED) is 0.497. The minimum absolute atomic E-state index is 0.412. The molecule has 1 aromatic heterocycles. The van der Waals surface area contributed by atoms with Crippen molar-refractivity contribution in [3.05, 3.63) is 29.7 Å². The summed E-state index contributed by atoms with van der Waals surface area (Å²) in [6, 6.07) is 1.95. The third kappa shape index (κ3) is 3.68. The molecule has 4 heteroatoms. The van der Waals surface area contributed by atoms with E-state index < -0.39 is 14.2 Å². The normalized spacial score (nSPS) is 14.8. The number of allylic oxidation sites excluding steroid dienone is 1. The SMILES string of the molecule is C/C(C=O)=C\CC(O)c1occc1[Si](C)(C)C. The van der Waals surface area contributed by atoms with Gasteiger partial charge in [0.05, 0.1) is 14.3 Å². The Morgan fingerprint density at radius 3 is 2.71 bits per heavy atom. The number of furan rings is 1. The first-order valence-electron chi connectivity index (χ1n) is 5.74. The van der Waals surface area contributed by atoms with Crippen LogP contribution in [0.4, 0.5) is 0 Å². The Bertz CT molecular complexity index is 413. The molecule has 94 valence electrons. The highest BCUT2D eigenvalue weighted by Crippen LogP contribution is 2.19. The van der Waals surface area contributed by atoms with Crippen LogP contribution in [0, 0.1) is 0 Å². The Kier molecular flexibility index (Phi) is 4.48. The van der Waals surface area contributed by atoms with Gasteiger partial charge in [-0.1, -0.05) is 25.7 Å². The molecule has 1 N–H and O–H groups in total. The highest BCUT2D eigenvalue weighted by molar-refractivity contribution is 6.89. The largest absolute Gasteiger partial charge is 0.467 e. The Labute approximate surface area is 103 Å². The van der Waals surface area contributed by atoms with Crippen molar-refractivity contribution in [1.82, 2.24) is 0 Å². The van der Waals surface area contributed by atoms with Gasteiger partial charge in [-0.3, -0.25) is 4.79 Å². The van der Waals surface area contributed by atoms with E-state index >= 15 is 0 Å². The van der Waals surface area contributed by atoms with E-state index in [0.29, 0.717) is 17.8 Å². The van der Waals surface area contributed by atoms with Crippen LogP contribution in [0.1, 0.15) is 25.2 Å². The molecular formula is C13H20O3Si. The third-order valence-electron chi connectivity index (χ3n) is 2.65. The molecule has 0 spiro atoms. The molecule has 0 aliphatic carbocycles. The van der Waals surface area contributed by atoms with Gasteiger partial charge in [0.1, 0.15) is 18.2 Å². The van der Waals surface area contributed by atoms with Crippen LogP contribution in [-0.4, -0.2) is 19.5 Å². The molecule has 1 unspecified atom stereocenters. The van der Waals surface area contributed by atoms with Crippen molar-refractivity contribution in [3.8, 4) is 0 Å². The summed E-state index contributed by atoms with van der Waals surface area (Å²) in [4.78, 5) is 10.5.